The summed E-state index contributed by atoms with van der Waals surface area (Å²) in [6.45, 7) is 4.25. The highest BCUT2D eigenvalue weighted by molar-refractivity contribution is 5.05. The van der Waals surface area contributed by atoms with Gasteiger partial charge in [-0.25, -0.2) is 0 Å². The largest absolute Gasteiger partial charge is 0.367 e. The Balaban J connectivity index is 2.12. The predicted octanol–water partition coefficient (Wildman–Crippen LogP) is 2.91. The molecule has 17 heavy (non-hydrogen) atoms. The van der Waals surface area contributed by atoms with Gasteiger partial charge in [-0.05, 0) is 25.8 Å². The number of nitrogens with one attached hydrogen (secondary N) is 1. The molecule has 1 aliphatic heterocycles. The van der Waals surface area contributed by atoms with Gasteiger partial charge in [0.1, 0.15) is 6.17 Å². The van der Waals surface area contributed by atoms with E-state index in [0.29, 0.717) is 0 Å². The van der Waals surface area contributed by atoms with Crippen LogP contribution in [0, 0.1) is 0 Å². The van der Waals surface area contributed by atoms with Crippen LogP contribution in [-0.4, -0.2) is 17.2 Å². The highest BCUT2D eigenvalue weighted by Gasteiger charge is 2.17. The summed E-state index contributed by atoms with van der Waals surface area (Å²) in [7, 11) is 0. The van der Waals surface area contributed by atoms with Gasteiger partial charge in [-0.15, -0.1) is 0 Å². The molecule has 0 radical (unpaired) electrons. The summed E-state index contributed by atoms with van der Waals surface area (Å²) in [5, 5.41) is 3.28. The van der Waals surface area contributed by atoms with Gasteiger partial charge in [0.15, 0.2) is 0 Å². The van der Waals surface area contributed by atoms with E-state index in [1.54, 1.807) is 0 Å². The molecule has 3 heteroatoms. The molecule has 0 aromatic rings. The van der Waals surface area contributed by atoms with Crippen LogP contribution in [0.15, 0.2) is 24.6 Å². The first-order chi connectivity index (χ1) is 8.25. The molecule has 0 aliphatic carbocycles. The molecule has 0 amide bonds. The predicted molar refractivity (Wildman–Crippen MR) is 74.1 cm³/mol. The monoisotopic (exact) mass is 237 g/mol. The maximum Gasteiger partial charge on any atom is 0.119 e. The van der Waals surface area contributed by atoms with E-state index in [0.717, 1.165) is 0 Å². The lowest BCUT2D eigenvalue weighted by Gasteiger charge is -2.26. The summed E-state index contributed by atoms with van der Waals surface area (Å²) in [6.07, 6.45) is 16.6. The highest BCUT2D eigenvalue weighted by atomic mass is 15.3. The molecule has 1 rings (SSSR count). The summed E-state index contributed by atoms with van der Waals surface area (Å²) in [4.78, 5) is 2.12. The van der Waals surface area contributed by atoms with E-state index in [9.17, 15) is 0 Å². The van der Waals surface area contributed by atoms with Crippen molar-refractivity contribution in [3.63, 3.8) is 0 Å². The minimum absolute atomic E-state index is 0.0560. The lowest BCUT2D eigenvalue weighted by molar-refractivity contribution is 0.259. The second kappa shape index (κ2) is 8.18. The standard InChI is InChI=1S/C14H27N3/c1-3-4-5-6-7-8-9-10-14-16-11-12-17(14)13(2)15/h9-14,16H,3-8,15H2,1-2H3/b10-9+. The van der Waals surface area contributed by atoms with Crippen molar-refractivity contribution < 1.29 is 0 Å². The number of unbranched alkanes of at least 4 members (excludes halogenated alkanes) is 5. The van der Waals surface area contributed by atoms with Gasteiger partial charge in [0, 0.05) is 12.4 Å². The molecule has 0 saturated carbocycles. The van der Waals surface area contributed by atoms with E-state index in [-0.39, 0.29) is 12.3 Å². The third-order valence-electron chi connectivity index (χ3n) is 3.10. The second-order valence-corrected chi connectivity index (χ2v) is 4.75. The molecular formula is C14H27N3. The summed E-state index contributed by atoms with van der Waals surface area (Å²) >= 11 is 0. The number of rotatable bonds is 8. The molecule has 0 aromatic carbocycles. The van der Waals surface area contributed by atoms with Gasteiger partial charge in [-0.3, -0.25) is 0 Å². The smallest absolute Gasteiger partial charge is 0.119 e. The van der Waals surface area contributed by atoms with Crippen molar-refractivity contribution in [3.05, 3.63) is 24.6 Å². The molecule has 1 aliphatic rings. The summed E-state index contributed by atoms with van der Waals surface area (Å²) in [5.74, 6) is 0. The zero-order chi connectivity index (χ0) is 12.5. The quantitative estimate of drug-likeness (QED) is 0.504. The van der Waals surface area contributed by atoms with Gasteiger partial charge in [-0.1, -0.05) is 38.7 Å². The Kier molecular flexibility index (Phi) is 6.78. The summed E-state index contributed by atoms with van der Waals surface area (Å²) in [5.41, 5.74) is 5.87. The normalized spacial score (nSPS) is 21.1. The molecule has 0 saturated heterocycles. The van der Waals surface area contributed by atoms with Crippen molar-refractivity contribution in [2.45, 2.75) is 64.7 Å². The number of nitrogens with zero attached hydrogens (tertiary/aromatic N) is 1. The Labute approximate surface area is 106 Å². The van der Waals surface area contributed by atoms with Crippen molar-refractivity contribution in [2.75, 3.05) is 0 Å². The van der Waals surface area contributed by atoms with E-state index in [1.807, 2.05) is 19.3 Å². The van der Waals surface area contributed by atoms with E-state index in [4.69, 9.17) is 5.73 Å². The maximum absolute atomic E-state index is 5.87. The topological polar surface area (TPSA) is 41.3 Å². The fourth-order valence-corrected chi connectivity index (χ4v) is 2.04. The fourth-order valence-electron chi connectivity index (χ4n) is 2.04. The molecule has 98 valence electrons. The van der Waals surface area contributed by atoms with E-state index in [2.05, 4.69) is 29.3 Å². The zero-order valence-electron chi connectivity index (χ0n) is 11.2. The summed E-state index contributed by atoms with van der Waals surface area (Å²) < 4.78 is 0. The number of hydrogen-bond acceptors (Lipinski definition) is 3. The van der Waals surface area contributed by atoms with Crippen molar-refractivity contribution in [3.8, 4) is 0 Å². The molecule has 2 unspecified atom stereocenters. The number of nitrogens with two attached hydrogens (primary N) is 1. The van der Waals surface area contributed by atoms with Crippen molar-refractivity contribution >= 4 is 0 Å². The Bertz CT molecular complexity index is 246. The molecule has 2 atom stereocenters. The van der Waals surface area contributed by atoms with Crippen LogP contribution in [0.25, 0.3) is 0 Å². The van der Waals surface area contributed by atoms with Gasteiger partial charge in [0.2, 0.25) is 0 Å². The van der Waals surface area contributed by atoms with Crippen LogP contribution in [-0.2, 0) is 0 Å². The van der Waals surface area contributed by atoms with Gasteiger partial charge in [0.25, 0.3) is 0 Å². The molecular weight excluding hydrogens is 210 g/mol. The first-order valence-corrected chi connectivity index (χ1v) is 6.88. The van der Waals surface area contributed by atoms with Crippen molar-refractivity contribution in [1.29, 1.82) is 0 Å². The van der Waals surface area contributed by atoms with Crippen molar-refractivity contribution in [1.82, 2.24) is 10.2 Å². The third-order valence-corrected chi connectivity index (χ3v) is 3.10. The van der Waals surface area contributed by atoms with Crippen LogP contribution in [0.3, 0.4) is 0 Å². The molecule has 1 heterocycles. The molecule has 3 N–H and O–H groups in total. The zero-order valence-corrected chi connectivity index (χ0v) is 11.2. The van der Waals surface area contributed by atoms with E-state index >= 15 is 0 Å². The van der Waals surface area contributed by atoms with Crippen LogP contribution < -0.4 is 11.1 Å². The van der Waals surface area contributed by atoms with Crippen LogP contribution >= 0.6 is 0 Å². The molecule has 0 aromatic heterocycles. The fraction of sp³-hybridized carbons (Fsp3) is 0.714. The van der Waals surface area contributed by atoms with Gasteiger partial charge in [-0.2, -0.15) is 0 Å². The van der Waals surface area contributed by atoms with Gasteiger partial charge in [0.05, 0.1) is 6.17 Å². The first kappa shape index (κ1) is 14.1. The molecule has 0 bridgehead atoms. The minimum atomic E-state index is 0.0560. The highest BCUT2D eigenvalue weighted by Crippen LogP contribution is 2.10. The molecule has 3 nitrogen and oxygen atoms in total. The van der Waals surface area contributed by atoms with Crippen molar-refractivity contribution in [2.24, 2.45) is 5.73 Å². The minimum Gasteiger partial charge on any atom is -0.367 e. The Hall–Kier alpha value is -0.960. The Morgan fingerprint density at radius 2 is 2.12 bits per heavy atom. The average Bonchev–Trinajstić information content (AvgIpc) is 2.76. The Morgan fingerprint density at radius 3 is 2.82 bits per heavy atom. The number of hydrogen-bond donors (Lipinski definition) is 2. The number of allylic oxidation sites excluding steroid dienone is 1. The molecule has 0 spiro atoms. The average molecular weight is 237 g/mol. The van der Waals surface area contributed by atoms with Crippen LogP contribution in [0.5, 0.6) is 0 Å². The van der Waals surface area contributed by atoms with Crippen LogP contribution in [0.4, 0.5) is 0 Å². The summed E-state index contributed by atoms with van der Waals surface area (Å²) in [6, 6.07) is 0. The first-order valence-electron chi connectivity index (χ1n) is 6.88. The van der Waals surface area contributed by atoms with E-state index < -0.39 is 0 Å². The second-order valence-electron chi connectivity index (χ2n) is 4.75. The Morgan fingerprint density at radius 1 is 1.35 bits per heavy atom. The van der Waals surface area contributed by atoms with E-state index in [1.165, 1.54) is 38.5 Å². The lowest BCUT2D eigenvalue weighted by Crippen LogP contribution is -2.43. The molecule has 0 fully saturated rings. The van der Waals surface area contributed by atoms with Crippen LogP contribution in [0.2, 0.25) is 0 Å². The maximum atomic E-state index is 5.87. The van der Waals surface area contributed by atoms with Gasteiger partial charge >= 0.3 is 0 Å². The van der Waals surface area contributed by atoms with Gasteiger partial charge < -0.3 is 16.0 Å². The SMILES string of the molecule is CCCCCCC/C=C/C1NC=CN1C(C)N. The van der Waals surface area contributed by atoms with Crippen LogP contribution in [0.1, 0.15) is 52.4 Å². The third kappa shape index (κ3) is 5.26. The lowest BCUT2D eigenvalue weighted by atomic mass is 10.1.